The number of aryl methyl sites for hydroxylation is 1. The van der Waals surface area contributed by atoms with Crippen molar-refractivity contribution in [3.8, 4) is 28.4 Å². The van der Waals surface area contributed by atoms with E-state index in [1.54, 1.807) is 33.5 Å². The summed E-state index contributed by atoms with van der Waals surface area (Å²) in [4.78, 5) is 38.9. The van der Waals surface area contributed by atoms with Gasteiger partial charge in [0.05, 0.1) is 33.1 Å². The van der Waals surface area contributed by atoms with Crippen molar-refractivity contribution in [1.29, 1.82) is 0 Å². The van der Waals surface area contributed by atoms with E-state index in [1.165, 1.54) is 6.92 Å². The lowest BCUT2D eigenvalue weighted by Gasteiger charge is -2.24. The van der Waals surface area contributed by atoms with E-state index in [-0.39, 0.29) is 29.2 Å². The number of methoxy groups -OCH3 is 3. The smallest absolute Gasteiger partial charge is 0.242 e. The van der Waals surface area contributed by atoms with E-state index >= 15 is 0 Å². The normalized spacial score (nSPS) is 17.4. The van der Waals surface area contributed by atoms with Gasteiger partial charge in [-0.25, -0.2) is 0 Å². The van der Waals surface area contributed by atoms with E-state index in [0.717, 1.165) is 36.0 Å². The van der Waals surface area contributed by atoms with E-state index < -0.39 is 12.1 Å². The standard InChI is InChI=1S/C30H39N3O6/c1-7-16(2)27(30(36)32-19-9-10-19)33-23-13-11-20-21(15-24(23)35)22(31-17(3)34)12-8-18-14-25(37-4)28(38-5)29(39-6)26(18)20/h11,13-16,19,22,27H,7-10,12H2,1-6H3,(H,31,34)(H,32,36)(H,33,35)/t16-,22+,27+/m1/s1. The van der Waals surface area contributed by atoms with Gasteiger partial charge in [-0.15, -0.1) is 0 Å². The first-order valence-electron chi connectivity index (χ1n) is 13.6. The Morgan fingerprint density at radius 1 is 1.00 bits per heavy atom. The molecule has 3 N–H and O–H groups in total. The van der Waals surface area contributed by atoms with Crippen LogP contribution in [0, 0.1) is 5.92 Å². The van der Waals surface area contributed by atoms with Crippen LogP contribution >= 0.6 is 0 Å². The van der Waals surface area contributed by atoms with Crippen molar-refractivity contribution in [1.82, 2.24) is 10.6 Å². The number of anilines is 1. The Bertz CT molecular complexity index is 1310. The quantitative estimate of drug-likeness (QED) is 0.420. The molecular formula is C30H39N3O6. The van der Waals surface area contributed by atoms with Crippen LogP contribution in [0.2, 0.25) is 0 Å². The summed E-state index contributed by atoms with van der Waals surface area (Å²) in [6.07, 6.45) is 3.93. The molecule has 0 heterocycles. The molecule has 3 atom stereocenters. The highest BCUT2D eigenvalue weighted by Gasteiger charge is 2.32. The summed E-state index contributed by atoms with van der Waals surface area (Å²) in [5.74, 6) is 1.20. The topological polar surface area (TPSA) is 115 Å². The summed E-state index contributed by atoms with van der Waals surface area (Å²) in [5, 5.41) is 9.34. The number of benzene rings is 1. The third-order valence-electron chi connectivity index (χ3n) is 7.65. The maximum absolute atomic E-state index is 13.6. The largest absolute Gasteiger partial charge is 0.493 e. The minimum Gasteiger partial charge on any atom is -0.493 e. The zero-order chi connectivity index (χ0) is 28.3. The minimum absolute atomic E-state index is 0.0103. The molecule has 2 amide bonds. The zero-order valence-corrected chi connectivity index (χ0v) is 23.6. The first-order valence-corrected chi connectivity index (χ1v) is 13.6. The number of fused-ring (bicyclic) bond motifs is 3. The third-order valence-corrected chi connectivity index (χ3v) is 7.65. The van der Waals surface area contributed by atoms with Crippen molar-refractivity contribution in [3.05, 3.63) is 45.6 Å². The number of hydrogen-bond acceptors (Lipinski definition) is 7. The van der Waals surface area contributed by atoms with E-state index in [0.29, 0.717) is 41.3 Å². The molecule has 0 unspecified atom stereocenters. The predicted octanol–water partition coefficient (Wildman–Crippen LogP) is 3.97. The minimum atomic E-state index is -0.553. The summed E-state index contributed by atoms with van der Waals surface area (Å²) < 4.78 is 17.1. The second-order valence-electron chi connectivity index (χ2n) is 10.4. The van der Waals surface area contributed by atoms with Crippen molar-refractivity contribution in [2.45, 2.75) is 71.0 Å². The van der Waals surface area contributed by atoms with Gasteiger partial charge in [-0.1, -0.05) is 26.3 Å². The second-order valence-corrected chi connectivity index (χ2v) is 10.4. The molecule has 4 rings (SSSR count). The van der Waals surface area contributed by atoms with Gasteiger partial charge in [0.25, 0.3) is 0 Å². The first-order chi connectivity index (χ1) is 18.7. The summed E-state index contributed by atoms with van der Waals surface area (Å²) in [6, 6.07) is 6.33. The third kappa shape index (κ3) is 5.97. The van der Waals surface area contributed by atoms with Crippen LogP contribution in [0.4, 0.5) is 5.69 Å². The average molecular weight is 538 g/mol. The summed E-state index contributed by atoms with van der Waals surface area (Å²) in [5.41, 5.74) is 3.21. The molecule has 0 bridgehead atoms. The number of carbonyl (C=O) groups excluding carboxylic acids is 2. The molecule has 0 spiro atoms. The number of rotatable bonds is 10. The van der Waals surface area contributed by atoms with Gasteiger partial charge in [0.1, 0.15) is 6.04 Å². The molecule has 0 saturated heterocycles. The number of nitrogens with one attached hydrogen (secondary N) is 3. The summed E-state index contributed by atoms with van der Waals surface area (Å²) in [6.45, 7) is 5.49. The lowest BCUT2D eigenvalue weighted by Crippen LogP contribution is -2.45. The highest BCUT2D eigenvalue weighted by Crippen LogP contribution is 2.50. The molecule has 2 aromatic carbocycles. The summed E-state index contributed by atoms with van der Waals surface area (Å²) >= 11 is 0. The zero-order valence-electron chi connectivity index (χ0n) is 23.6. The van der Waals surface area contributed by atoms with E-state index in [9.17, 15) is 14.4 Å². The van der Waals surface area contributed by atoms with Crippen LogP contribution in [-0.4, -0.2) is 45.2 Å². The monoisotopic (exact) mass is 537 g/mol. The fraction of sp³-hybridized carbons (Fsp3) is 0.500. The Hall–Kier alpha value is -3.75. The molecule has 2 aliphatic carbocycles. The van der Waals surface area contributed by atoms with Gasteiger partial charge in [0.15, 0.2) is 11.5 Å². The Labute approximate surface area is 229 Å². The maximum atomic E-state index is 13.6. The lowest BCUT2D eigenvalue weighted by molar-refractivity contribution is -0.123. The van der Waals surface area contributed by atoms with Crippen LogP contribution in [0.1, 0.15) is 63.6 Å². The second kappa shape index (κ2) is 12.0. The van der Waals surface area contributed by atoms with Crippen LogP contribution in [0.25, 0.3) is 11.1 Å². The SMILES string of the molecule is CC[C@@H](C)[C@H](Nc1ccc2c(cc1=O)[C@@H](NC(C)=O)CCc1cc(OC)c(OC)c(OC)c1-2)C(=O)NC1CC1. The van der Waals surface area contributed by atoms with Gasteiger partial charge in [-0.05, 0) is 66.5 Å². The lowest BCUT2D eigenvalue weighted by atomic mass is 9.95. The molecule has 1 saturated carbocycles. The van der Waals surface area contributed by atoms with E-state index in [2.05, 4.69) is 16.0 Å². The fourth-order valence-corrected chi connectivity index (χ4v) is 5.22. The van der Waals surface area contributed by atoms with Gasteiger partial charge >= 0.3 is 0 Å². The summed E-state index contributed by atoms with van der Waals surface area (Å²) in [7, 11) is 4.69. The van der Waals surface area contributed by atoms with Crippen molar-refractivity contribution < 1.29 is 23.8 Å². The highest BCUT2D eigenvalue weighted by atomic mass is 16.5. The molecule has 210 valence electrons. The molecular weight excluding hydrogens is 498 g/mol. The molecule has 2 aromatic rings. The van der Waals surface area contributed by atoms with Gasteiger partial charge in [0, 0.05) is 18.5 Å². The molecule has 0 radical (unpaired) electrons. The van der Waals surface area contributed by atoms with Crippen molar-refractivity contribution in [2.75, 3.05) is 26.6 Å². The van der Waals surface area contributed by atoms with Gasteiger partial charge in [0.2, 0.25) is 23.0 Å². The Morgan fingerprint density at radius 2 is 1.72 bits per heavy atom. The molecule has 0 aliphatic heterocycles. The van der Waals surface area contributed by atoms with Gasteiger partial charge in [-0.3, -0.25) is 14.4 Å². The van der Waals surface area contributed by atoms with E-state index in [4.69, 9.17) is 14.2 Å². The maximum Gasteiger partial charge on any atom is 0.242 e. The molecule has 39 heavy (non-hydrogen) atoms. The average Bonchev–Trinajstić information content (AvgIpc) is 3.76. The van der Waals surface area contributed by atoms with Crippen molar-refractivity contribution in [2.24, 2.45) is 5.92 Å². The number of amides is 2. The molecule has 1 fully saturated rings. The number of hydrogen-bond donors (Lipinski definition) is 3. The van der Waals surface area contributed by atoms with Gasteiger partial charge in [-0.2, -0.15) is 0 Å². The molecule has 9 heteroatoms. The number of carbonyl (C=O) groups is 2. The van der Waals surface area contributed by atoms with Crippen molar-refractivity contribution in [3.63, 3.8) is 0 Å². The first kappa shape index (κ1) is 28.3. The van der Waals surface area contributed by atoms with Crippen LogP contribution in [0.3, 0.4) is 0 Å². The van der Waals surface area contributed by atoms with Crippen molar-refractivity contribution >= 4 is 17.5 Å². The van der Waals surface area contributed by atoms with Crippen LogP contribution in [0.15, 0.2) is 29.1 Å². The fourth-order valence-electron chi connectivity index (χ4n) is 5.22. The molecule has 9 nitrogen and oxygen atoms in total. The Kier molecular flexibility index (Phi) is 8.67. The number of ether oxygens (including phenoxy) is 3. The highest BCUT2D eigenvalue weighted by molar-refractivity contribution is 5.86. The van der Waals surface area contributed by atoms with Crippen LogP contribution in [-0.2, 0) is 16.0 Å². The predicted molar refractivity (Wildman–Crippen MR) is 151 cm³/mol. The molecule has 2 aliphatic rings. The van der Waals surface area contributed by atoms with Gasteiger partial charge < -0.3 is 30.2 Å². The Balaban J connectivity index is 1.89. The Morgan fingerprint density at radius 3 is 2.31 bits per heavy atom. The van der Waals surface area contributed by atoms with E-state index in [1.807, 2.05) is 26.0 Å². The van der Waals surface area contributed by atoms with Crippen LogP contribution < -0.4 is 35.6 Å². The van der Waals surface area contributed by atoms with Crippen LogP contribution in [0.5, 0.6) is 17.2 Å². The molecule has 0 aromatic heterocycles.